The zero-order chi connectivity index (χ0) is 22.2. The standard InChI is InChI=1S/C22H29N3O5S/c1-15-7-8-19-20(25(15)22(26)29-2)10-9-18(21(19)30-17-5-4-6-17)16-13-23-24(14-16)11-12-31(3,27)28/h9-10,13-15,17H,4-8,11-12H2,1-3H3. The molecule has 1 aromatic heterocycles. The molecule has 168 valence electrons. The van der Waals surface area contributed by atoms with Gasteiger partial charge in [-0.3, -0.25) is 9.58 Å². The molecule has 2 aliphatic rings. The summed E-state index contributed by atoms with van der Waals surface area (Å²) in [6, 6.07) is 3.94. The molecular weight excluding hydrogens is 418 g/mol. The number of benzene rings is 1. The van der Waals surface area contributed by atoms with Gasteiger partial charge in [-0.05, 0) is 51.2 Å². The maximum absolute atomic E-state index is 12.5. The van der Waals surface area contributed by atoms with E-state index in [0.29, 0.717) is 6.54 Å². The molecule has 0 N–H and O–H groups in total. The van der Waals surface area contributed by atoms with Crippen molar-refractivity contribution < 1.29 is 22.7 Å². The number of nitrogens with zero attached hydrogens (tertiary/aromatic N) is 3. The van der Waals surface area contributed by atoms with Crippen molar-refractivity contribution in [2.75, 3.05) is 24.0 Å². The molecule has 1 aliphatic heterocycles. The van der Waals surface area contributed by atoms with Crippen molar-refractivity contribution in [1.29, 1.82) is 0 Å². The number of rotatable bonds is 6. The van der Waals surface area contributed by atoms with Crippen LogP contribution in [0.2, 0.25) is 0 Å². The highest BCUT2D eigenvalue weighted by molar-refractivity contribution is 7.90. The number of fused-ring (bicyclic) bond motifs is 1. The summed E-state index contributed by atoms with van der Waals surface area (Å²) in [6.07, 6.45) is 9.44. The lowest BCUT2D eigenvalue weighted by Gasteiger charge is -2.37. The van der Waals surface area contributed by atoms with E-state index in [1.54, 1.807) is 15.8 Å². The lowest BCUT2D eigenvalue weighted by Crippen LogP contribution is -2.42. The van der Waals surface area contributed by atoms with E-state index in [1.165, 1.54) is 13.4 Å². The quantitative estimate of drug-likeness (QED) is 0.674. The number of hydrogen-bond acceptors (Lipinski definition) is 6. The Morgan fingerprint density at radius 2 is 2.03 bits per heavy atom. The summed E-state index contributed by atoms with van der Waals surface area (Å²) in [7, 11) is -1.67. The van der Waals surface area contributed by atoms with Gasteiger partial charge in [0.2, 0.25) is 0 Å². The van der Waals surface area contributed by atoms with E-state index in [1.807, 2.05) is 25.3 Å². The second-order valence-corrected chi connectivity index (χ2v) is 10.7. The molecule has 9 heteroatoms. The Balaban J connectivity index is 1.73. The Morgan fingerprint density at radius 3 is 2.68 bits per heavy atom. The molecule has 1 unspecified atom stereocenters. The fraction of sp³-hybridized carbons (Fsp3) is 0.545. The Kier molecular flexibility index (Phi) is 5.96. The topological polar surface area (TPSA) is 90.7 Å². The van der Waals surface area contributed by atoms with Gasteiger partial charge in [0.1, 0.15) is 15.6 Å². The monoisotopic (exact) mass is 447 g/mol. The molecule has 0 bridgehead atoms. The molecule has 0 radical (unpaired) electrons. The molecule has 2 aromatic rings. The normalized spacial score (nSPS) is 18.9. The molecule has 1 aromatic carbocycles. The Labute approximate surface area is 183 Å². The summed E-state index contributed by atoms with van der Waals surface area (Å²) in [4.78, 5) is 14.2. The molecule has 1 fully saturated rings. The van der Waals surface area contributed by atoms with Gasteiger partial charge in [-0.25, -0.2) is 13.2 Å². The van der Waals surface area contributed by atoms with E-state index >= 15 is 0 Å². The van der Waals surface area contributed by atoms with Crippen LogP contribution in [0.4, 0.5) is 10.5 Å². The number of amides is 1. The summed E-state index contributed by atoms with van der Waals surface area (Å²) in [5, 5.41) is 4.34. The first-order valence-corrected chi connectivity index (χ1v) is 12.7. The number of anilines is 1. The van der Waals surface area contributed by atoms with Gasteiger partial charge in [-0.15, -0.1) is 0 Å². The van der Waals surface area contributed by atoms with Crippen LogP contribution in [0.15, 0.2) is 24.5 Å². The van der Waals surface area contributed by atoms with E-state index in [0.717, 1.165) is 60.2 Å². The van der Waals surface area contributed by atoms with Gasteiger partial charge >= 0.3 is 6.09 Å². The SMILES string of the molecule is COC(=O)N1c2ccc(-c3cnn(CCS(C)(=O)=O)c3)c(OC3CCC3)c2CCC1C. The van der Waals surface area contributed by atoms with Gasteiger partial charge in [0, 0.05) is 35.2 Å². The Bertz CT molecular complexity index is 1070. The van der Waals surface area contributed by atoms with E-state index in [-0.39, 0.29) is 24.0 Å². The van der Waals surface area contributed by atoms with E-state index < -0.39 is 9.84 Å². The minimum atomic E-state index is -3.07. The summed E-state index contributed by atoms with van der Waals surface area (Å²) in [6.45, 7) is 2.32. The number of carbonyl (C=O) groups excluding carboxylic acids is 1. The predicted octanol–water partition coefficient (Wildman–Crippen LogP) is 3.43. The van der Waals surface area contributed by atoms with Crippen LogP contribution >= 0.6 is 0 Å². The lowest BCUT2D eigenvalue weighted by atomic mass is 9.91. The highest BCUT2D eigenvalue weighted by atomic mass is 32.2. The molecule has 31 heavy (non-hydrogen) atoms. The molecule has 1 atom stereocenters. The van der Waals surface area contributed by atoms with Gasteiger partial charge in [0.25, 0.3) is 0 Å². The van der Waals surface area contributed by atoms with Crippen LogP contribution in [0.5, 0.6) is 5.75 Å². The van der Waals surface area contributed by atoms with Crippen molar-refractivity contribution in [3.05, 3.63) is 30.1 Å². The maximum Gasteiger partial charge on any atom is 0.414 e. The van der Waals surface area contributed by atoms with Crippen molar-refractivity contribution >= 4 is 21.6 Å². The summed E-state index contributed by atoms with van der Waals surface area (Å²) >= 11 is 0. The highest BCUT2D eigenvalue weighted by Crippen LogP contribution is 2.44. The molecule has 1 saturated carbocycles. The molecule has 0 saturated heterocycles. The Morgan fingerprint density at radius 1 is 1.26 bits per heavy atom. The minimum Gasteiger partial charge on any atom is -0.489 e. The van der Waals surface area contributed by atoms with Gasteiger partial charge in [-0.1, -0.05) is 0 Å². The van der Waals surface area contributed by atoms with E-state index in [9.17, 15) is 13.2 Å². The van der Waals surface area contributed by atoms with Gasteiger partial charge in [0.15, 0.2) is 0 Å². The van der Waals surface area contributed by atoms with Crippen LogP contribution in [0.1, 0.15) is 38.2 Å². The average Bonchev–Trinajstić information content (AvgIpc) is 3.16. The zero-order valence-corrected chi connectivity index (χ0v) is 19.0. The van der Waals surface area contributed by atoms with Crippen molar-refractivity contribution in [3.63, 3.8) is 0 Å². The van der Waals surface area contributed by atoms with Crippen LogP contribution < -0.4 is 9.64 Å². The zero-order valence-electron chi connectivity index (χ0n) is 18.2. The van der Waals surface area contributed by atoms with E-state index in [4.69, 9.17) is 9.47 Å². The number of sulfone groups is 1. The van der Waals surface area contributed by atoms with Crippen LogP contribution in [-0.2, 0) is 27.5 Å². The third-order valence-corrected chi connectivity index (χ3v) is 7.02. The first-order chi connectivity index (χ1) is 14.8. The minimum absolute atomic E-state index is 0.0374. The largest absolute Gasteiger partial charge is 0.489 e. The molecule has 8 nitrogen and oxygen atoms in total. The fourth-order valence-corrected chi connectivity index (χ4v) is 4.60. The maximum atomic E-state index is 12.5. The second kappa shape index (κ2) is 8.53. The lowest BCUT2D eigenvalue weighted by molar-refractivity contribution is 0.119. The average molecular weight is 448 g/mol. The Hall–Kier alpha value is -2.55. The summed E-state index contributed by atoms with van der Waals surface area (Å²) in [5.41, 5.74) is 3.62. The van der Waals surface area contributed by atoms with Crippen LogP contribution in [0, 0.1) is 0 Å². The second-order valence-electron chi connectivity index (χ2n) is 8.46. The van der Waals surface area contributed by atoms with Gasteiger partial charge in [-0.2, -0.15) is 5.10 Å². The van der Waals surface area contributed by atoms with Crippen LogP contribution in [0.25, 0.3) is 11.1 Å². The fourth-order valence-electron chi connectivity index (χ4n) is 4.08. The highest BCUT2D eigenvalue weighted by Gasteiger charge is 2.33. The summed E-state index contributed by atoms with van der Waals surface area (Å²) < 4.78 is 36.1. The van der Waals surface area contributed by atoms with Crippen molar-refractivity contribution in [3.8, 4) is 16.9 Å². The first-order valence-electron chi connectivity index (χ1n) is 10.7. The number of ether oxygens (including phenoxy) is 2. The molecule has 0 spiro atoms. The predicted molar refractivity (Wildman–Crippen MR) is 118 cm³/mol. The summed E-state index contributed by atoms with van der Waals surface area (Å²) in [5.74, 6) is 0.834. The third-order valence-electron chi connectivity index (χ3n) is 6.09. The van der Waals surface area contributed by atoms with Crippen molar-refractivity contribution in [2.24, 2.45) is 0 Å². The van der Waals surface area contributed by atoms with Gasteiger partial charge < -0.3 is 9.47 Å². The van der Waals surface area contributed by atoms with Crippen molar-refractivity contribution in [2.45, 2.75) is 57.7 Å². The molecule has 1 aliphatic carbocycles. The van der Waals surface area contributed by atoms with Crippen LogP contribution in [-0.4, -0.2) is 55.6 Å². The first kappa shape index (κ1) is 21.7. The van der Waals surface area contributed by atoms with Crippen LogP contribution in [0.3, 0.4) is 0 Å². The molecule has 2 heterocycles. The smallest absolute Gasteiger partial charge is 0.414 e. The third kappa shape index (κ3) is 4.56. The molecule has 4 rings (SSSR count). The van der Waals surface area contributed by atoms with E-state index in [2.05, 4.69) is 5.10 Å². The molecular formula is C22H29N3O5S. The molecule has 1 amide bonds. The number of carbonyl (C=O) groups is 1. The number of aromatic nitrogens is 2. The number of aryl methyl sites for hydroxylation is 1. The number of hydrogen-bond donors (Lipinski definition) is 0. The van der Waals surface area contributed by atoms with Gasteiger partial charge in [0.05, 0.1) is 37.4 Å². The number of methoxy groups -OCH3 is 1. The van der Waals surface area contributed by atoms with Crippen molar-refractivity contribution in [1.82, 2.24) is 9.78 Å².